The van der Waals surface area contributed by atoms with Crippen molar-refractivity contribution in [1.29, 1.82) is 0 Å². The topological polar surface area (TPSA) is 70.8 Å². The molecular formula is C22H18ClF3N2O4S. The number of hydrogen-bond acceptors (Lipinski definition) is 4. The van der Waals surface area contributed by atoms with Crippen LogP contribution in [0.5, 0.6) is 0 Å². The van der Waals surface area contributed by atoms with Crippen LogP contribution in [0, 0.1) is 0 Å². The summed E-state index contributed by atoms with van der Waals surface area (Å²) >= 11 is 5.60. The van der Waals surface area contributed by atoms with E-state index in [2.05, 4.69) is 0 Å². The summed E-state index contributed by atoms with van der Waals surface area (Å²) in [6, 6.07) is 13.4. The number of nitrogens with zero attached hydrogens (tertiary/aromatic N) is 2. The van der Waals surface area contributed by atoms with Crippen LogP contribution in [0.25, 0.3) is 11.1 Å². The van der Waals surface area contributed by atoms with E-state index in [4.69, 9.17) is 16.0 Å². The number of rotatable bonds is 4. The van der Waals surface area contributed by atoms with Crippen molar-refractivity contribution in [2.24, 2.45) is 0 Å². The maximum atomic E-state index is 13.1. The predicted molar refractivity (Wildman–Crippen MR) is 115 cm³/mol. The van der Waals surface area contributed by atoms with Gasteiger partial charge < -0.3 is 9.32 Å². The Bertz CT molecular complexity index is 1270. The van der Waals surface area contributed by atoms with Crippen molar-refractivity contribution < 1.29 is 30.8 Å². The number of hydrogen-bond donors (Lipinski definition) is 0. The lowest BCUT2D eigenvalue weighted by atomic mass is 10.1. The third kappa shape index (κ3) is 4.64. The molecule has 0 saturated carbocycles. The van der Waals surface area contributed by atoms with Gasteiger partial charge in [-0.25, -0.2) is 8.42 Å². The molecule has 1 aromatic heterocycles. The number of amides is 1. The third-order valence-electron chi connectivity index (χ3n) is 5.35. The molecule has 4 rings (SSSR count). The first kappa shape index (κ1) is 23.3. The molecule has 174 valence electrons. The zero-order valence-corrected chi connectivity index (χ0v) is 18.6. The molecule has 11 heteroatoms. The molecule has 2 aromatic carbocycles. The van der Waals surface area contributed by atoms with Crippen LogP contribution in [0.3, 0.4) is 0 Å². The molecule has 2 heterocycles. The number of alkyl halides is 3. The second kappa shape index (κ2) is 8.85. The van der Waals surface area contributed by atoms with E-state index in [-0.39, 0.29) is 37.8 Å². The second-order valence-electron chi connectivity index (χ2n) is 7.37. The minimum Gasteiger partial charge on any atom is -0.459 e. The summed E-state index contributed by atoms with van der Waals surface area (Å²) in [4.78, 5) is 14.0. The zero-order chi connectivity index (χ0) is 23.8. The molecule has 1 aliphatic rings. The van der Waals surface area contributed by atoms with E-state index in [1.165, 1.54) is 11.2 Å². The molecule has 1 amide bonds. The highest BCUT2D eigenvalue weighted by molar-refractivity contribution is 7.89. The fourth-order valence-electron chi connectivity index (χ4n) is 3.63. The van der Waals surface area contributed by atoms with Crippen LogP contribution in [0.15, 0.2) is 70.2 Å². The largest absolute Gasteiger partial charge is 0.459 e. The molecule has 6 nitrogen and oxygen atoms in total. The average Bonchev–Trinajstić information content (AvgIpc) is 3.28. The van der Waals surface area contributed by atoms with Crippen molar-refractivity contribution >= 4 is 27.5 Å². The van der Waals surface area contributed by atoms with Crippen LogP contribution in [0.2, 0.25) is 5.02 Å². The number of piperazine rings is 1. The van der Waals surface area contributed by atoms with Crippen molar-refractivity contribution in [2.45, 2.75) is 11.1 Å². The standard InChI is InChI=1S/C22H18ClF3N2O4S/c23-19-7-6-16(14-18(19)22(24,25)26)33(30,31)28-11-9-27(10-12-28)21(29)20-17(8-13-32-20)15-4-2-1-3-5-15/h1-8,13-14H,9-12H2. The summed E-state index contributed by atoms with van der Waals surface area (Å²) in [5.74, 6) is -0.244. The van der Waals surface area contributed by atoms with Crippen molar-refractivity contribution in [3.63, 3.8) is 0 Å². The number of carbonyl (C=O) groups excluding carboxylic acids is 1. The molecule has 1 fully saturated rings. The van der Waals surface area contributed by atoms with Gasteiger partial charge in [0.15, 0.2) is 5.76 Å². The summed E-state index contributed by atoms with van der Waals surface area (Å²) in [5, 5.41) is -0.579. The van der Waals surface area contributed by atoms with Gasteiger partial charge in [0.1, 0.15) is 0 Å². The Morgan fingerprint density at radius 1 is 0.970 bits per heavy atom. The summed E-state index contributed by atoms with van der Waals surface area (Å²) in [7, 11) is -4.20. The first-order valence-corrected chi connectivity index (χ1v) is 11.7. The monoisotopic (exact) mass is 498 g/mol. The molecule has 0 aliphatic carbocycles. The minimum atomic E-state index is -4.78. The molecule has 0 N–H and O–H groups in total. The van der Waals surface area contributed by atoms with Gasteiger partial charge >= 0.3 is 6.18 Å². The molecule has 0 radical (unpaired) electrons. The van der Waals surface area contributed by atoms with E-state index >= 15 is 0 Å². The van der Waals surface area contributed by atoms with Crippen LogP contribution in [0.4, 0.5) is 13.2 Å². The maximum absolute atomic E-state index is 13.1. The smallest absolute Gasteiger partial charge is 0.417 e. The van der Waals surface area contributed by atoms with Crippen LogP contribution in [0.1, 0.15) is 16.1 Å². The van der Waals surface area contributed by atoms with Crippen LogP contribution in [-0.2, 0) is 16.2 Å². The molecule has 33 heavy (non-hydrogen) atoms. The van der Waals surface area contributed by atoms with E-state index in [0.29, 0.717) is 11.6 Å². The fraction of sp³-hybridized carbons (Fsp3) is 0.227. The van der Waals surface area contributed by atoms with Gasteiger partial charge in [0.25, 0.3) is 5.91 Å². The summed E-state index contributed by atoms with van der Waals surface area (Å²) in [6.45, 7) is -0.0156. The quantitative estimate of drug-likeness (QED) is 0.520. The highest BCUT2D eigenvalue weighted by atomic mass is 35.5. The fourth-order valence-corrected chi connectivity index (χ4v) is 5.30. The predicted octanol–water partition coefficient (Wildman–Crippen LogP) is 4.77. The van der Waals surface area contributed by atoms with Crippen LogP contribution in [-0.4, -0.2) is 49.7 Å². The maximum Gasteiger partial charge on any atom is 0.417 e. The van der Waals surface area contributed by atoms with Gasteiger partial charge in [-0.05, 0) is 29.8 Å². The molecule has 0 atom stereocenters. The Morgan fingerprint density at radius 2 is 1.64 bits per heavy atom. The molecule has 1 aliphatic heterocycles. The van der Waals surface area contributed by atoms with E-state index in [1.807, 2.05) is 30.3 Å². The van der Waals surface area contributed by atoms with E-state index < -0.39 is 31.7 Å². The van der Waals surface area contributed by atoms with Crippen molar-refractivity contribution in [2.75, 3.05) is 26.2 Å². The number of halogens is 4. The Kier molecular flexibility index (Phi) is 6.26. The van der Waals surface area contributed by atoms with Gasteiger partial charge in [-0.3, -0.25) is 4.79 Å². The van der Waals surface area contributed by atoms with Crippen molar-refractivity contribution in [1.82, 2.24) is 9.21 Å². The highest BCUT2D eigenvalue weighted by Crippen LogP contribution is 2.36. The minimum absolute atomic E-state index is 0.0622. The molecule has 0 unspecified atom stereocenters. The molecule has 1 saturated heterocycles. The molecule has 0 spiro atoms. The average molecular weight is 499 g/mol. The normalized spacial score (nSPS) is 15.6. The van der Waals surface area contributed by atoms with Gasteiger partial charge in [-0.15, -0.1) is 0 Å². The summed E-state index contributed by atoms with van der Waals surface area (Å²) in [6.07, 6.45) is -3.37. The Labute approximate surface area is 193 Å². The second-order valence-corrected chi connectivity index (χ2v) is 9.71. The van der Waals surface area contributed by atoms with Crippen molar-refractivity contribution in [3.8, 4) is 11.1 Å². The van der Waals surface area contributed by atoms with Gasteiger partial charge in [-0.1, -0.05) is 41.9 Å². The first-order valence-electron chi connectivity index (χ1n) is 9.88. The lowest BCUT2D eigenvalue weighted by Crippen LogP contribution is -2.50. The number of furan rings is 1. The first-order chi connectivity index (χ1) is 15.6. The van der Waals surface area contributed by atoms with Gasteiger partial charge in [0.05, 0.1) is 21.7 Å². The van der Waals surface area contributed by atoms with Crippen LogP contribution >= 0.6 is 11.6 Å². The van der Waals surface area contributed by atoms with Gasteiger partial charge in [0.2, 0.25) is 10.0 Å². The number of benzene rings is 2. The van der Waals surface area contributed by atoms with E-state index in [1.54, 1.807) is 6.07 Å². The van der Waals surface area contributed by atoms with Crippen molar-refractivity contribution in [3.05, 3.63) is 77.2 Å². The molecule has 0 bridgehead atoms. The lowest BCUT2D eigenvalue weighted by Gasteiger charge is -2.33. The van der Waals surface area contributed by atoms with E-state index in [9.17, 15) is 26.4 Å². The van der Waals surface area contributed by atoms with E-state index in [0.717, 1.165) is 22.0 Å². The summed E-state index contributed by atoms with van der Waals surface area (Å²) < 4.78 is 71.7. The zero-order valence-electron chi connectivity index (χ0n) is 17.0. The Balaban J connectivity index is 1.50. The number of carbonyl (C=O) groups is 1. The summed E-state index contributed by atoms with van der Waals surface area (Å²) in [5.41, 5.74) is 0.209. The SMILES string of the molecule is O=C(c1occc1-c1ccccc1)N1CCN(S(=O)(=O)c2ccc(Cl)c(C(F)(F)F)c2)CC1. The highest BCUT2D eigenvalue weighted by Gasteiger charge is 2.37. The Morgan fingerprint density at radius 3 is 2.27 bits per heavy atom. The molecular weight excluding hydrogens is 481 g/mol. The van der Waals surface area contributed by atoms with Gasteiger partial charge in [0, 0.05) is 31.7 Å². The third-order valence-corrected chi connectivity index (χ3v) is 7.58. The van der Waals surface area contributed by atoms with Crippen LogP contribution < -0.4 is 0 Å². The number of sulfonamides is 1. The lowest BCUT2D eigenvalue weighted by molar-refractivity contribution is -0.137. The molecule has 3 aromatic rings. The Hall–Kier alpha value is -2.82. The van der Waals surface area contributed by atoms with Gasteiger partial charge in [-0.2, -0.15) is 17.5 Å².